The summed E-state index contributed by atoms with van der Waals surface area (Å²) in [7, 11) is 0. The van der Waals surface area contributed by atoms with Gasteiger partial charge in [-0.3, -0.25) is 0 Å². The van der Waals surface area contributed by atoms with Crippen LogP contribution in [0, 0.1) is 5.92 Å². The highest BCUT2D eigenvalue weighted by atomic mass is 32.1. The molecule has 16 heavy (non-hydrogen) atoms. The number of nitrogens with zero attached hydrogens (tertiary/aromatic N) is 1. The van der Waals surface area contributed by atoms with Crippen molar-refractivity contribution in [2.75, 3.05) is 13.1 Å². The van der Waals surface area contributed by atoms with E-state index in [0.717, 1.165) is 25.4 Å². The van der Waals surface area contributed by atoms with E-state index in [2.05, 4.69) is 29.5 Å². The number of hydrogen-bond acceptors (Lipinski definition) is 4. The van der Waals surface area contributed by atoms with Gasteiger partial charge in [-0.2, -0.15) is 0 Å². The van der Waals surface area contributed by atoms with Crippen molar-refractivity contribution in [2.24, 2.45) is 5.92 Å². The number of aromatic nitrogens is 1. The second-order valence-electron chi connectivity index (χ2n) is 4.50. The standard InChI is InChI=1S/C12H21N3S/c1-3-11-7-15-12(16-11)8-13-6-10-4-5-14-9(10)2/h7,9-10,13-14H,3-6,8H2,1-2H3. The lowest BCUT2D eigenvalue weighted by Gasteiger charge is -2.14. The van der Waals surface area contributed by atoms with E-state index >= 15 is 0 Å². The minimum absolute atomic E-state index is 0.662. The highest BCUT2D eigenvalue weighted by molar-refractivity contribution is 7.11. The summed E-state index contributed by atoms with van der Waals surface area (Å²) in [6.07, 6.45) is 4.40. The fourth-order valence-corrected chi connectivity index (χ4v) is 2.98. The van der Waals surface area contributed by atoms with Crippen molar-refractivity contribution < 1.29 is 0 Å². The predicted molar refractivity (Wildman–Crippen MR) is 68.8 cm³/mol. The lowest BCUT2D eigenvalue weighted by Crippen LogP contribution is -2.30. The molecule has 90 valence electrons. The third-order valence-corrected chi connectivity index (χ3v) is 4.46. The van der Waals surface area contributed by atoms with Gasteiger partial charge >= 0.3 is 0 Å². The van der Waals surface area contributed by atoms with E-state index in [1.165, 1.54) is 22.9 Å². The third-order valence-electron chi connectivity index (χ3n) is 3.32. The fourth-order valence-electron chi connectivity index (χ4n) is 2.15. The predicted octanol–water partition coefficient (Wildman–Crippen LogP) is 1.79. The Morgan fingerprint density at radius 3 is 3.12 bits per heavy atom. The molecule has 0 bridgehead atoms. The molecule has 1 aliphatic heterocycles. The van der Waals surface area contributed by atoms with Crippen molar-refractivity contribution in [1.82, 2.24) is 15.6 Å². The van der Waals surface area contributed by atoms with Crippen LogP contribution in [0.5, 0.6) is 0 Å². The van der Waals surface area contributed by atoms with Crippen LogP contribution in [0.2, 0.25) is 0 Å². The molecule has 1 aromatic heterocycles. The van der Waals surface area contributed by atoms with Crippen molar-refractivity contribution in [2.45, 2.75) is 39.3 Å². The van der Waals surface area contributed by atoms with Gasteiger partial charge in [-0.25, -0.2) is 4.98 Å². The van der Waals surface area contributed by atoms with Crippen molar-refractivity contribution in [3.05, 3.63) is 16.1 Å². The van der Waals surface area contributed by atoms with Crippen LogP contribution in [0.3, 0.4) is 0 Å². The summed E-state index contributed by atoms with van der Waals surface area (Å²) in [5, 5.41) is 8.22. The Morgan fingerprint density at radius 1 is 1.62 bits per heavy atom. The smallest absolute Gasteiger partial charge is 0.107 e. The van der Waals surface area contributed by atoms with E-state index in [1.54, 1.807) is 0 Å². The van der Waals surface area contributed by atoms with Crippen LogP contribution in [0.15, 0.2) is 6.20 Å². The van der Waals surface area contributed by atoms with E-state index < -0.39 is 0 Å². The molecule has 1 aromatic rings. The number of rotatable bonds is 5. The van der Waals surface area contributed by atoms with Gasteiger partial charge in [0, 0.05) is 23.7 Å². The Kier molecular flexibility index (Phi) is 4.32. The van der Waals surface area contributed by atoms with Crippen LogP contribution in [-0.4, -0.2) is 24.1 Å². The molecule has 2 rings (SSSR count). The minimum atomic E-state index is 0.662. The molecule has 0 saturated carbocycles. The summed E-state index contributed by atoms with van der Waals surface area (Å²) < 4.78 is 0. The van der Waals surface area contributed by atoms with Gasteiger partial charge < -0.3 is 10.6 Å². The maximum absolute atomic E-state index is 4.41. The van der Waals surface area contributed by atoms with Crippen LogP contribution in [0.4, 0.5) is 0 Å². The highest BCUT2D eigenvalue weighted by Gasteiger charge is 2.21. The molecular formula is C12H21N3S. The molecule has 1 aliphatic rings. The molecule has 1 fully saturated rings. The van der Waals surface area contributed by atoms with Crippen LogP contribution >= 0.6 is 11.3 Å². The maximum atomic E-state index is 4.41. The van der Waals surface area contributed by atoms with E-state index in [9.17, 15) is 0 Å². The van der Waals surface area contributed by atoms with Crippen LogP contribution in [0.1, 0.15) is 30.2 Å². The van der Waals surface area contributed by atoms with Crippen LogP contribution in [-0.2, 0) is 13.0 Å². The Hall–Kier alpha value is -0.450. The zero-order valence-electron chi connectivity index (χ0n) is 10.1. The van der Waals surface area contributed by atoms with Crippen molar-refractivity contribution in [3.8, 4) is 0 Å². The van der Waals surface area contributed by atoms with Gasteiger partial charge in [0.05, 0.1) is 0 Å². The Bertz CT molecular complexity index is 324. The maximum Gasteiger partial charge on any atom is 0.107 e. The largest absolute Gasteiger partial charge is 0.314 e. The first kappa shape index (κ1) is 12.0. The van der Waals surface area contributed by atoms with E-state index in [1.807, 2.05) is 17.5 Å². The molecular weight excluding hydrogens is 218 g/mol. The van der Waals surface area contributed by atoms with E-state index in [4.69, 9.17) is 0 Å². The normalized spacial score (nSPS) is 25.1. The summed E-state index contributed by atoms with van der Waals surface area (Å²) >= 11 is 1.83. The van der Waals surface area contributed by atoms with Crippen molar-refractivity contribution in [1.29, 1.82) is 0 Å². The Balaban J connectivity index is 1.71. The molecule has 3 nitrogen and oxygen atoms in total. The van der Waals surface area contributed by atoms with E-state index in [0.29, 0.717) is 6.04 Å². The van der Waals surface area contributed by atoms with Crippen molar-refractivity contribution >= 4 is 11.3 Å². The Morgan fingerprint density at radius 2 is 2.50 bits per heavy atom. The zero-order valence-corrected chi connectivity index (χ0v) is 10.9. The van der Waals surface area contributed by atoms with Gasteiger partial charge in [0.1, 0.15) is 5.01 Å². The topological polar surface area (TPSA) is 37.0 Å². The average Bonchev–Trinajstić information content (AvgIpc) is 2.89. The van der Waals surface area contributed by atoms with Gasteiger partial charge in [0.25, 0.3) is 0 Å². The first-order valence-electron chi connectivity index (χ1n) is 6.17. The van der Waals surface area contributed by atoms with E-state index in [-0.39, 0.29) is 0 Å². The monoisotopic (exact) mass is 239 g/mol. The number of nitrogens with one attached hydrogen (secondary N) is 2. The summed E-state index contributed by atoms with van der Waals surface area (Å²) in [6, 6.07) is 0.662. The SMILES string of the molecule is CCc1cnc(CNCC2CCNC2C)s1. The van der Waals surface area contributed by atoms with Crippen molar-refractivity contribution in [3.63, 3.8) is 0 Å². The molecule has 4 heteroatoms. The first-order valence-corrected chi connectivity index (χ1v) is 6.99. The number of thiazole rings is 1. The molecule has 0 aromatic carbocycles. The average molecular weight is 239 g/mol. The summed E-state index contributed by atoms with van der Waals surface area (Å²) in [6.45, 7) is 7.66. The van der Waals surface area contributed by atoms with Crippen LogP contribution in [0.25, 0.3) is 0 Å². The number of aryl methyl sites for hydroxylation is 1. The van der Waals surface area contributed by atoms with Gasteiger partial charge in [0.15, 0.2) is 0 Å². The second kappa shape index (κ2) is 5.75. The first-order chi connectivity index (χ1) is 7.79. The third kappa shape index (κ3) is 3.03. The fraction of sp³-hybridized carbons (Fsp3) is 0.750. The molecule has 1 saturated heterocycles. The zero-order chi connectivity index (χ0) is 11.4. The molecule has 2 unspecified atom stereocenters. The molecule has 0 amide bonds. The summed E-state index contributed by atoms with van der Waals surface area (Å²) in [5.74, 6) is 0.783. The summed E-state index contributed by atoms with van der Waals surface area (Å²) in [4.78, 5) is 5.79. The second-order valence-corrected chi connectivity index (χ2v) is 5.70. The molecule has 2 heterocycles. The number of hydrogen-bond donors (Lipinski definition) is 2. The molecule has 2 atom stereocenters. The van der Waals surface area contributed by atoms with Crippen LogP contribution < -0.4 is 10.6 Å². The molecule has 0 aliphatic carbocycles. The minimum Gasteiger partial charge on any atom is -0.314 e. The van der Waals surface area contributed by atoms with Gasteiger partial charge in [0.2, 0.25) is 0 Å². The lowest BCUT2D eigenvalue weighted by atomic mass is 10.0. The van der Waals surface area contributed by atoms with Gasteiger partial charge in [-0.1, -0.05) is 6.92 Å². The molecule has 0 spiro atoms. The van der Waals surface area contributed by atoms with Gasteiger partial charge in [-0.05, 0) is 38.8 Å². The quantitative estimate of drug-likeness (QED) is 0.822. The summed E-state index contributed by atoms with van der Waals surface area (Å²) in [5.41, 5.74) is 0. The Labute approximate surface area is 102 Å². The molecule has 2 N–H and O–H groups in total. The van der Waals surface area contributed by atoms with Gasteiger partial charge in [-0.15, -0.1) is 11.3 Å². The lowest BCUT2D eigenvalue weighted by molar-refractivity contribution is 0.439. The molecule has 0 radical (unpaired) electrons. The highest BCUT2D eigenvalue weighted by Crippen LogP contribution is 2.15.